The maximum absolute atomic E-state index is 11.3. The smallest absolute Gasteiger partial charge is 0.238 e. The van der Waals surface area contributed by atoms with Gasteiger partial charge in [0.25, 0.3) is 0 Å². The van der Waals surface area contributed by atoms with Gasteiger partial charge in [-0.1, -0.05) is 12.1 Å². The van der Waals surface area contributed by atoms with Crippen molar-refractivity contribution in [3.8, 4) is 17.2 Å². The third-order valence-corrected chi connectivity index (χ3v) is 5.30. The van der Waals surface area contributed by atoms with Crippen molar-refractivity contribution >= 4 is 40.0 Å². The minimum atomic E-state index is -3.68. The number of nitrogens with two attached hydrogens (primary N) is 1. The highest BCUT2D eigenvalue weighted by molar-refractivity contribution is 14.0. The summed E-state index contributed by atoms with van der Waals surface area (Å²) in [7, 11) is 2.72. The molecule has 31 heavy (non-hydrogen) atoms. The predicted octanol–water partition coefficient (Wildman–Crippen LogP) is 1.89. The van der Waals surface area contributed by atoms with Crippen LogP contribution in [-0.2, 0) is 23.0 Å². The quantitative estimate of drug-likeness (QED) is 0.242. The molecule has 0 fully saturated rings. The fourth-order valence-electron chi connectivity index (χ4n) is 2.81. The summed E-state index contributed by atoms with van der Waals surface area (Å²) in [5.74, 6) is 2.34. The molecule has 0 unspecified atom stereocenters. The van der Waals surface area contributed by atoms with Crippen LogP contribution in [0, 0.1) is 0 Å². The van der Waals surface area contributed by atoms with Gasteiger partial charge < -0.3 is 24.8 Å². The molecule has 0 heterocycles. The number of aliphatic imine (C=N–C) groups is 1. The fraction of sp³-hybridized carbons (Fsp3) is 0.350. The Kier molecular flexibility index (Phi) is 10.9. The number of methoxy groups -OCH3 is 3. The number of hydrogen-bond acceptors (Lipinski definition) is 6. The van der Waals surface area contributed by atoms with E-state index in [1.54, 1.807) is 40.5 Å². The third-order valence-electron chi connectivity index (χ3n) is 4.37. The normalized spacial score (nSPS) is 11.3. The molecule has 2 aromatic carbocycles. The summed E-state index contributed by atoms with van der Waals surface area (Å²) < 4.78 is 38.7. The van der Waals surface area contributed by atoms with Crippen LogP contribution in [0.5, 0.6) is 17.2 Å². The summed E-state index contributed by atoms with van der Waals surface area (Å²) in [5.41, 5.74) is 1.92. The maximum atomic E-state index is 11.3. The Morgan fingerprint density at radius 2 is 1.55 bits per heavy atom. The summed E-state index contributed by atoms with van der Waals surface area (Å²) in [6.07, 6.45) is 0.690. The number of ether oxygens (including phenoxy) is 3. The second-order valence-corrected chi connectivity index (χ2v) is 7.89. The number of nitrogens with one attached hydrogen (secondary N) is 2. The van der Waals surface area contributed by atoms with E-state index in [1.165, 1.54) is 12.1 Å². The van der Waals surface area contributed by atoms with Crippen LogP contribution < -0.4 is 30.0 Å². The van der Waals surface area contributed by atoms with Gasteiger partial charge in [0.1, 0.15) is 0 Å². The molecule has 172 valence electrons. The zero-order valence-electron chi connectivity index (χ0n) is 18.0. The number of rotatable bonds is 9. The Bertz CT molecular complexity index is 957. The largest absolute Gasteiger partial charge is 0.493 e. The van der Waals surface area contributed by atoms with Crippen molar-refractivity contribution < 1.29 is 22.6 Å². The first-order valence-electron chi connectivity index (χ1n) is 9.17. The molecule has 9 nitrogen and oxygen atoms in total. The van der Waals surface area contributed by atoms with Gasteiger partial charge in [0, 0.05) is 20.1 Å². The van der Waals surface area contributed by atoms with E-state index >= 15 is 0 Å². The predicted molar refractivity (Wildman–Crippen MR) is 131 cm³/mol. The molecular formula is C20H29IN4O5S. The van der Waals surface area contributed by atoms with E-state index in [0.717, 1.165) is 11.1 Å². The number of benzene rings is 2. The number of sulfonamides is 1. The van der Waals surface area contributed by atoms with Gasteiger partial charge in [-0.3, -0.25) is 4.99 Å². The molecule has 0 aliphatic rings. The monoisotopic (exact) mass is 564 g/mol. The first-order valence-corrected chi connectivity index (χ1v) is 10.7. The van der Waals surface area contributed by atoms with Crippen molar-refractivity contribution in [3.05, 3.63) is 47.5 Å². The summed E-state index contributed by atoms with van der Waals surface area (Å²) in [6.45, 7) is 1.11. The number of hydrogen-bond donors (Lipinski definition) is 3. The van der Waals surface area contributed by atoms with Crippen molar-refractivity contribution in [3.63, 3.8) is 0 Å². The molecule has 0 aliphatic heterocycles. The first-order chi connectivity index (χ1) is 14.3. The van der Waals surface area contributed by atoms with Crippen LogP contribution in [-0.4, -0.2) is 49.3 Å². The molecule has 2 rings (SSSR count). The molecule has 0 bridgehead atoms. The number of halogens is 1. The van der Waals surface area contributed by atoms with Gasteiger partial charge in [-0.2, -0.15) is 0 Å². The maximum Gasteiger partial charge on any atom is 0.238 e. The Labute approximate surface area is 200 Å². The van der Waals surface area contributed by atoms with Crippen LogP contribution in [0.2, 0.25) is 0 Å². The van der Waals surface area contributed by atoms with E-state index in [-0.39, 0.29) is 28.9 Å². The van der Waals surface area contributed by atoms with Gasteiger partial charge in [-0.25, -0.2) is 13.6 Å². The minimum Gasteiger partial charge on any atom is -0.493 e. The van der Waals surface area contributed by atoms with Gasteiger partial charge in [0.2, 0.25) is 15.8 Å². The standard InChI is InChI=1S/C20H28N4O5S.HI/c1-22-20(23-10-9-14-5-7-16(8-6-14)30(21,25)26)24-13-15-11-17(27-2)19(29-4)18(12-15)28-3;/h5-8,11-12H,9-10,13H2,1-4H3,(H2,21,25,26)(H2,22,23,24);1H. The van der Waals surface area contributed by atoms with Crippen LogP contribution in [0.1, 0.15) is 11.1 Å². The Hall–Kier alpha value is -2.25. The highest BCUT2D eigenvalue weighted by atomic mass is 127. The lowest BCUT2D eigenvalue weighted by Gasteiger charge is -2.16. The topological polar surface area (TPSA) is 124 Å². The van der Waals surface area contributed by atoms with Gasteiger partial charge in [0.15, 0.2) is 17.5 Å². The second-order valence-electron chi connectivity index (χ2n) is 6.33. The highest BCUT2D eigenvalue weighted by Crippen LogP contribution is 2.38. The van der Waals surface area contributed by atoms with Crippen LogP contribution in [0.3, 0.4) is 0 Å². The van der Waals surface area contributed by atoms with Crippen molar-refractivity contribution in [1.82, 2.24) is 10.6 Å². The molecule has 0 spiro atoms. The van der Waals surface area contributed by atoms with Crippen LogP contribution >= 0.6 is 24.0 Å². The molecule has 0 atom stereocenters. The van der Waals surface area contributed by atoms with Crippen LogP contribution in [0.15, 0.2) is 46.3 Å². The van der Waals surface area contributed by atoms with E-state index in [1.807, 2.05) is 12.1 Å². The summed E-state index contributed by atoms with van der Waals surface area (Å²) >= 11 is 0. The minimum absolute atomic E-state index is 0. The Morgan fingerprint density at radius 1 is 0.968 bits per heavy atom. The van der Waals surface area contributed by atoms with E-state index in [2.05, 4.69) is 15.6 Å². The molecular weight excluding hydrogens is 535 g/mol. The van der Waals surface area contributed by atoms with Crippen LogP contribution in [0.4, 0.5) is 0 Å². The first kappa shape index (κ1) is 26.8. The van der Waals surface area contributed by atoms with Gasteiger partial charge in [0.05, 0.1) is 26.2 Å². The molecule has 0 aliphatic carbocycles. The Balaban J connectivity index is 0.00000480. The third kappa shape index (κ3) is 7.74. The lowest BCUT2D eigenvalue weighted by Crippen LogP contribution is -2.37. The summed E-state index contributed by atoms with van der Waals surface area (Å²) in [5, 5.41) is 11.6. The summed E-state index contributed by atoms with van der Waals surface area (Å²) in [4.78, 5) is 4.31. The lowest BCUT2D eigenvalue weighted by molar-refractivity contribution is 0.323. The molecule has 0 saturated carbocycles. The second kappa shape index (κ2) is 12.6. The van der Waals surface area contributed by atoms with Gasteiger partial charge in [-0.05, 0) is 41.8 Å². The number of nitrogens with zero attached hydrogens (tertiary/aromatic N) is 1. The van der Waals surface area contributed by atoms with Crippen molar-refractivity contribution in [2.24, 2.45) is 10.1 Å². The van der Waals surface area contributed by atoms with Crippen molar-refractivity contribution in [1.29, 1.82) is 0 Å². The molecule has 0 amide bonds. The number of guanidine groups is 1. The molecule has 0 aromatic heterocycles. The van der Waals surface area contributed by atoms with Crippen molar-refractivity contribution in [2.45, 2.75) is 17.9 Å². The lowest BCUT2D eigenvalue weighted by atomic mass is 10.1. The molecule has 0 radical (unpaired) electrons. The average Bonchev–Trinajstić information content (AvgIpc) is 2.74. The zero-order chi connectivity index (χ0) is 22.1. The Morgan fingerprint density at radius 3 is 2.00 bits per heavy atom. The van der Waals surface area contributed by atoms with E-state index in [9.17, 15) is 8.42 Å². The van der Waals surface area contributed by atoms with E-state index in [4.69, 9.17) is 19.3 Å². The van der Waals surface area contributed by atoms with E-state index in [0.29, 0.717) is 42.7 Å². The SMILES string of the molecule is CN=C(NCCc1ccc(S(N)(=O)=O)cc1)NCc1cc(OC)c(OC)c(OC)c1.I. The molecule has 11 heteroatoms. The molecule has 4 N–H and O–H groups in total. The fourth-order valence-corrected chi connectivity index (χ4v) is 3.33. The molecule has 0 saturated heterocycles. The van der Waals surface area contributed by atoms with Crippen LogP contribution in [0.25, 0.3) is 0 Å². The number of primary sulfonamides is 1. The average molecular weight is 564 g/mol. The zero-order valence-corrected chi connectivity index (χ0v) is 21.1. The van der Waals surface area contributed by atoms with Crippen molar-refractivity contribution in [2.75, 3.05) is 34.9 Å². The van der Waals surface area contributed by atoms with Gasteiger partial charge >= 0.3 is 0 Å². The van der Waals surface area contributed by atoms with Gasteiger partial charge in [-0.15, -0.1) is 24.0 Å². The molecule has 2 aromatic rings. The highest BCUT2D eigenvalue weighted by Gasteiger charge is 2.13. The van der Waals surface area contributed by atoms with E-state index < -0.39 is 10.0 Å². The summed E-state index contributed by atoms with van der Waals surface area (Å²) in [6, 6.07) is 10.2.